The monoisotopic (exact) mass is 328 g/mol. The molecule has 1 amide bonds. The SMILES string of the molecule is Cc1cn(C)nc1C(=O)N=c1sc2cc(C(C)C)ccc2n1C. The zero-order valence-electron chi connectivity index (χ0n) is 14.0. The number of thiazole rings is 1. The number of rotatable bonds is 2. The van der Waals surface area contributed by atoms with Gasteiger partial charge in [-0.05, 0) is 30.5 Å². The number of benzene rings is 1. The van der Waals surface area contributed by atoms with Crippen LogP contribution in [-0.2, 0) is 14.1 Å². The minimum absolute atomic E-state index is 0.297. The number of fused-ring (bicyclic) bond motifs is 1. The van der Waals surface area contributed by atoms with Crippen LogP contribution < -0.4 is 4.80 Å². The van der Waals surface area contributed by atoms with Crippen molar-refractivity contribution in [3.63, 3.8) is 0 Å². The molecule has 0 aliphatic rings. The van der Waals surface area contributed by atoms with Gasteiger partial charge in [-0.25, -0.2) is 0 Å². The zero-order valence-corrected chi connectivity index (χ0v) is 14.8. The van der Waals surface area contributed by atoms with Crippen LogP contribution in [0.2, 0.25) is 0 Å². The first-order chi connectivity index (χ1) is 10.9. The molecule has 2 aromatic heterocycles. The number of nitrogens with zero attached hydrogens (tertiary/aromatic N) is 4. The van der Waals surface area contributed by atoms with Crippen LogP contribution in [0.5, 0.6) is 0 Å². The Balaban J connectivity index is 2.10. The van der Waals surface area contributed by atoms with Gasteiger partial charge >= 0.3 is 0 Å². The van der Waals surface area contributed by atoms with Crippen molar-refractivity contribution in [1.29, 1.82) is 0 Å². The van der Waals surface area contributed by atoms with Crippen molar-refractivity contribution >= 4 is 27.5 Å². The lowest BCUT2D eigenvalue weighted by molar-refractivity contribution is 0.0992. The summed E-state index contributed by atoms with van der Waals surface area (Å²) in [5, 5.41) is 4.20. The quantitative estimate of drug-likeness (QED) is 0.725. The minimum atomic E-state index is -0.297. The number of hydrogen-bond donors (Lipinski definition) is 0. The zero-order chi connectivity index (χ0) is 16.7. The van der Waals surface area contributed by atoms with Gasteiger partial charge in [-0.2, -0.15) is 10.1 Å². The molecule has 3 rings (SSSR count). The van der Waals surface area contributed by atoms with E-state index in [1.165, 1.54) is 16.9 Å². The number of amides is 1. The predicted octanol–water partition coefficient (Wildman–Crippen LogP) is 3.15. The van der Waals surface area contributed by atoms with Gasteiger partial charge in [-0.1, -0.05) is 31.3 Å². The lowest BCUT2D eigenvalue weighted by atomic mass is 10.0. The van der Waals surface area contributed by atoms with Gasteiger partial charge in [0.25, 0.3) is 5.91 Å². The summed E-state index contributed by atoms with van der Waals surface area (Å²) in [6, 6.07) is 6.41. The van der Waals surface area contributed by atoms with E-state index in [-0.39, 0.29) is 5.91 Å². The first-order valence-corrected chi connectivity index (χ1v) is 8.37. The molecule has 6 heteroatoms. The van der Waals surface area contributed by atoms with Crippen LogP contribution in [0.1, 0.15) is 41.4 Å². The molecule has 0 aliphatic heterocycles. The Morgan fingerprint density at radius 1 is 1.30 bits per heavy atom. The molecule has 0 saturated heterocycles. The fourth-order valence-electron chi connectivity index (χ4n) is 2.57. The van der Waals surface area contributed by atoms with Gasteiger partial charge in [0, 0.05) is 25.9 Å². The second-order valence-corrected chi connectivity index (χ2v) is 7.09. The van der Waals surface area contributed by atoms with Crippen molar-refractivity contribution in [3.8, 4) is 0 Å². The number of carbonyl (C=O) groups is 1. The van der Waals surface area contributed by atoms with Gasteiger partial charge in [0.15, 0.2) is 10.5 Å². The van der Waals surface area contributed by atoms with Gasteiger partial charge in [0.05, 0.1) is 10.2 Å². The first-order valence-electron chi connectivity index (χ1n) is 7.55. The Bertz CT molecular complexity index is 959. The smallest absolute Gasteiger partial charge is 0.300 e. The first kappa shape index (κ1) is 15.7. The standard InChI is InChI=1S/C17H20N4OS/c1-10(2)12-6-7-13-14(8-12)23-17(21(13)5)18-16(22)15-11(3)9-20(4)19-15/h6-10H,1-5H3. The van der Waals surface area contributed by atoms with E-state index in [2.05, 4.69) is 42.1 Å². The van der Waals surface area contributed by atoms with Gasteiger partial charge in [-0.3, -0.25) is 9.48 Å². The lowest BCUT2D eigenvalue weighted by Crippen LogP contribution is -2.14. The summed E-state index contributed by atoms with van der Waals surface area (Å²) >= 11 is 1.53. The molecular weight excluding hydrogens is 308 g/mol. The van der Waals surface area contributed by atoms with E-state index < -0.39 is 0 Å². The van der Waals surface area contributed by atoms with Gasteiger partial charge in [-0.15, -0.1) is 0 Å². The van der Waals surface area contributed by atoms with E-state index in [4.69, 9.17) is 0 Å². The van der Waals surface area contributed by atoms with Crippen molar-refractivity contribution in [2.75, 3.05) is 0 Å². The summed E-state index contributed by atoms with van der Waals surface area (Å²) in [6.45, 7) is 6.22. The molecule has 23 heavy (non-hydrogen) atoms. The van der Waals surface area contributed by atoms with Gasteiger partial charge < -0.3 is 4.57 Å². The molecule has 2 heterocycles. The molecule has 0 N–H and O–H groups in total. The third-order valence-electron chi connectivity index (χ3n) is 3.91. The average molecular weight is 328 g/mol. The molecule has 0 radical (unpaired) electrons. The third kappa shape index (κ3) is 2.86. The van der Waals surface area contributed by atoms with Crippen molar-refractivity contribution in [3.05, 3.63) is 46.0 Å². The predicted molar refractivity (Wildman–Crippen MR) is 92.7 cm³/mol. The van der Waals surface area contributed by atoms with Crippen LogP contribution in [0.15, 0.2) is 29.4 Å². The minimum Gasteiger partial charge on any atom is -0.319 e. The second kappa shape index (κ2) is 5.77. The highest BCUT2D eigenvalue weighted by molar-refractivity contribution is 7.16. The van der Waals surface area contributed by atoms with Crippen LogP contribution in [0, 0.1) is 6.92 Å². The summed E-state index contributed by atoms with van der Waals surface area (Å²) in [4.78, 5) is 17.4. The molecule has 0 spiro atoms. The number of carbonyl (C=O) groups excluding carboxylic acids is 1. The van der Waals surface area contributed by atoms with Crippen molar-refractivity contribution in [1.82, 2.24) is 14.3 Å². The third-order valence-corrected chi connectivity index (χ3v) is 5.01. The molecule has 0 bridgehead atoms. The normalized spacial score (nSPS) is 12.5. The Labute approximate surface area is 138 Å². The molecule has 0 atom stereocenters. The van der Waals surface area contributed by atoms with Crippen LogP contribution in [0.3, 0.4) is 0 Å². The van der Waals surface area contributed by atoms with E-state index in [0.29, 0.717) is 16.4 Å². The van der Waals surface area contributed by atoms with E-state index in [0.717, 1.165) is 15.8 Å². The molecule has 0 saturated carbocycles. The molecule has 0 unspecified atom stereocenters. The Morgan fingerprint density at radius 2 is 2.04 bits per heavy atom. The van der Waals surface area contributed by atoms with Crippen LogP contribution in [0.4, 0.5) is 0 Å². The average Bonchev–Trinajstić information content (AvgIpc) is 2.98. The van der Waals surface area contributed by atoms with Gasteiger partial charge in [0.2, 0.25) is 0 Å². The largest absolute Gasteiger partial charge is 0.319 e. The van der Waals surface area contributed by atoms with E-state index >= 15 is 0 Å². The lowest BCUT2D eigenvalue weighted by Gasteiger charge is -2.04. The summed E-state index contributed by atoms with van der Waals surface area (Å²) < 4.78 is 4.74. The summed E-state index contributed by atoms with van der Waals surface area (Å²) in [5.41, 5.74) is 3.63. The molecule has 5 nitrogen and oxygen atoms in total. The topological polar surface area (TPSA) is 52.2 Å². The summed E-state index contributed by atoms with van der Waals surface area (Å²) in [7, 11) is 3.74. The fraction of sp³-hybridized carbons (Fsp3) is 0.353. The van der Waals surface area contributed by atoms with Crippen molar-refractivity contribution in [2.45, 2.75) is 26.7 Å². The van der Waals surface area contributed by atoms with E-state index in [1.54, 1.807) is 11.7 Å². The fourth-order valence-corrected chi connectivity index (χ4v) is 3.64. The van der Waals surface area contributed by atoms with Crippen LogP contribution in [0.25, 0.3) is 10.2 Å². The highest BCUT2D eigenvalue weighted by Gasteiger charge is 2.13. The number of aromatic nitrogens is 3. The second-order valence-electron chi connectivity index (χ2n) is 6.08. The highest BCUT2D eigenvalue weighted by atomic mass is 32.1. The Hall–Kier alpha value is -2.21. The van der Waals surface area contributed by atoms with Crippen molar-refractivity contribution in [2.24, 2.45) is 19.1 Å². The molecule has 3 aromatic rings. The maximum absolute atomic E-state index is 12.4. The van der Waals surface area contributed by atoms with Gasteiger partial charge in [0.1, 0.15) is 0 Å². The Morgan fingerprint density at radius 3 is 2.65 bits per heavy atom. The molecule has 1 aromatic carbocycles. The molecule has 120 valence electrons. The molecule has 0 fully saturated rings. The van der Waals surface area contributed by atoms with Crippen LogP contribution in [-0.4, -0.2) is 20.3 Å². The summed E-state index contributed by atoms with van der Waals surface area (Å²) in [5.74, 6) is 0.180. The van der Waals surface area contributed by atoms with E-state index in [9.17, 15) is 4.79 Å². The maximum atomic E-state index is 12.4. The highest BCUT2D eigenvalue weighted by Crippen LogP contribution is 2.23. The number of hydrogen-bond acceptors (Lipinski definition) is 3. The van der Waals surface area contributed by atoms with E-state index in [1.807, 2.05) is 24.7 Å². The summed E-state index contributed by atoms with van der Waals surface area (Å²) in [6.07, 6.45) is 1.82. The maximum Gasteiger partial charge on any atom is 0.300 e. The Kier molecular flexibility index (Phi) is 3.93. The molecular formula is C17H20N4OS. The van der Waals surface area contributed by atoms with Crippen LogP contribution >= 0.6 is 11.3 Å². The molecule has 0 aliphatic carbocycles. The van der Waals surface area contributed by atoms with Crippen molar-refractivity contribution < 1.29 is 4.79 Å². The number of aryl methyl sites for hydroxylation is 3.